The third kappa shape index (κ3) is 8.27. The number of ether oxygens (including phenoxy) is 4. The number of carbonyl (C=O) groups excluding carboxylic acids is 4. The van der Waals surface area contributed by atoms with Crippen molar-refractivity contribution in [1.29, 1.82) is 0 Å². The topological polar surface area (TPSA) is 137 Å². The molecule has 5 atom stereocenters. The summed E-state index contributed by atoms with van der Waals surface area (Å²) in [5.74, 6) is -2.11. The molecular formula is C20H33NO9. The van der Waals surface area contributed by atoms with Crippen molar-refractivity contribution in [1.82, 2.24) is 5.32 Å². The van der Waals surface area contributed by atoms with E-state index in [9.17, 15) is 24.3 Å². The molecule has 172 valence electrons. The fraction of sp³-hybridized carbons (Fsp3) is 0.800. The van der Waals surface area contributed by atoms with Gasteiger partial charge in [0.1, 0.15) is 18.8 Å². The molecule has 0 spiro atoms. The van der Waals surface area contributed by atoms with E-state index in [1.165, 1.54) is 6.92 Å². The average Bonchev–Trinajstić information content (AvgIpc) is 2.65. The van der Waals surface area contributed by atoms with Gasteiger partial charge in [0.25, 0.3) is 0 Å². The first kappa shape index (κ1) is 25.8. The maximum atomic E-state index is 12.2. The molecule has 1 heterocycles. The molecule has 30 heavy (non-hydrogen) atoms. The zero-order valence-corrected chi connectivity index (χ0v) is 18.0. The van der Waals surface area contributed by atoms with Crippen LogP contribution in [0.4, 0.5) is 0 Å². The number of aliphatic hydroxyl groups excluding tert-OH is 1. The molecule has 10 nitrogen and oxygen atoms in total. The summed E-state index contributed by atoms with van der Waals surface area (Å²) in [6.07, 6.45) is -2.99. The molecule has 0 saturated carbocycles. The monoisotopic (exact) mass is 431 g/mol. The van der Waals surface area contributed by atoms with Crippen LogP contribution in [0.25, 0.3) is 0 Å². The largest absolute Gasteiger partial charge is 0.463 e. The Hall–Kier alpha value is -2.20. The zero-order chi connectivity index (χ0) is 22.7. The van der Waals surface area contributed by atoms with E-state index >= 15 is 0 Å². The first-order valence-corrected chi connectivity index (χ1v) is 10.4. The third-order valence-electron chi connectivity index (χ3n) is 4.34. The van der Waals surface area contributed by atoms with E-state index in [0.29, 0.717) is 19.3 Å². The summed E-state index contributed by atoms with van der Waals surface area (Å²) in [5.41, 5.74) is 0. The van der Waals surface area contributed by atoms with Gasteiger partial charge in [-0.05, 0) is 19.3 Å². The molecule has 0 aromatic rings. The van der Waals surface area contributed by atoms with Crippen LogP contribution in [0.3, 0.4) is 0 Å². The van der Waals surface area contributed by atoms with Crippen LogP contribution in [-0.2, 0) is 38.1 Å². The van der Waals surface area contributed by atoms with E-state index in [-0.39, 0.29) is 25.9 Å². The molecule has 1 rings (SSSR count). The minimum Gasteiger partial charge on any atom is -0.463 e. The molecule has 1 amide bonds. The Bertz CT molecular complexity index is 595. The SMILES string of the molecule is CCCC(=O)OC[C@H]1OC(O)[C@@H](NC(C)=O)[C@@H](OC(=O)CCC)[C@@H]1OC(=O)CCC. The van der Waals surface area contributed by atoms with Gasteiger partial charge < -0.3 is 29.4 Å². The van der Waals surface area contributed by atoms with Crippen molar-refractivity contribution in [2.75, 3.05) is 6.61 Å². The molecule has 1 saturated heterocycles. The summed E-state index contributed by atoms with van der Waals surface area (Å²) >= 11 is 0. The van der Waals surface area contributed by atoms with Crippen LogP contribution in [0.2, 0.25) is 0 Å². The quantitative estimate of drug-likeness (QED) is 0.362. The van der Waals surface area contributed by atoms with E-state index in [4.69, 9.17) is 18.9 Å². The number of nitrogens with one attached hydrogen (secondary N) is 1. The molecule has 10 heteroatoms. The summed E-state index contributed by atoms with van der Waals surface area (Å²) in [6, 6.07) is -1.16. The van der Waals surface area contributed by atoms with Crippen LogP contribution >= 0.6 is 0 Å². The van der Waals surface area contributed by atoms with E-state index in [2.05, 4.69) is 5.32 Å². The van der Waals surface area contributed by atoms with E-state index in [1.54, 1.807) is 13.8 Å². The van der Waals surface area contributed by atoms with E-state index < -0.39 is 54.5 Å². The van der Waals surface area contributed by atoms with E-state index in [1.807, 2.05) is 6.92 Å². The number of amides is 1. The van der Waals surface area contributed by atoms with Gasteiger partial charge in [-0.25, -0.2) is 0 Å². The number of aliphatic hydroxyl groups is 1. The van der Waals surface area contributed by atoms with Crippen LogP contribution in [0.5, 0.6) is 0 Å². The maximum absolute atomic E-state index is 12.2. The van der Waals surface area contributed by atoms with Gasteiger partial charge in [0.2, 0.25) is 5.91 Å². The highest BCUT2D eigenvalue weighted by atomic mass is 16.7. The van der Waals surface area contributed by atoms with Crippen LogP contribution < -0.4 is 5.32 Å². The van der Waals surface area contributed by atoms with E-state index in [0.717, 1.165) is 0 Å². The Balaban J connectivity index is 3.15. The summed E-state index contributed by atoms with van der Waals surface area (Å²) < 4.78 is 21.6. The van der Waals surface area contributed by atoms with Gasteiger partial charge >= 0.3 is 17.9 Å². The second kappa shape index (κ2) is 13.2. The van der Waals surface area contributed by atoms with Crippen molar-refractivity contribution in [2.45, 2.75) is 96.9 Å². The fourth-order valence-corrected chi connectivity index (χ4v) is 3.01. The Morgan fingerprint density at radius 3 is 1.87 bits per heavy atom. The lowest BCUT2D eigenvalue weighted by Crippen LogP contribution is -2.66. The number of esters is 3. The smallest absolute Gasteiger partial charge is 0.306 e. The fourth-order valence-electron chi connectivity index (χ4n) is 3.01. The van der Waals surface area contributed by atoms with Gasteiger partial charge in [0.05, 0.1) is 0 Å². The van der Waals surface area contributed by atoms with Gasteiger partial charge in [0, 0.05) is 26.2 Å². The number of rotatable bonds is 11. The third-order valence-corrected chi connectivity index (χ3v) is 4.34. The highest BCUT2D eigenvalue weighted by Gasteiger charge is 2.50. The van der Waals surface area contributed by atoms with Crippen molar-refractivity contribution in [2.24, 2.45) is 0 Å². The first-order valence-electron chi connectivity index (χ1n) is 10.4. The van der Waals surface area contributed by atoms with Crippen molar-refractivity contribution < 1.29 is 43.2 Å². The normalized spacial score (nSPS) is 25.8. The van der Waals surface area contributed by atoms with Gasteiger partial charge in [-0.3, -0.25) is 19.2 Å². The minimum absolute atomic E-state index is 0.103. The molecule has 0 aromatic carbocycles. The molecule has 1 unspecified atom stereocenters. The van der Waals surface area contributed by atoms with Crippen LogP contribution in [0.1, 0.15) is 66.2 Å². The number of carbonyl (C=O) groups is 4. The maximum Gasteiger partial charge on any atom is 0.306 e. The average molecular weight is 431 g/mol. The predicted octanol–water partition coefficient (Wildman–Crippen LogP) is 0.975. The summed E-state index contributed by atoms with van der Waals surface area (Å²) in [6.45, 7) is 6.33. The van der Waals surface area contributed by atoms with Crippen LogP contribution in [0.15, 0.2) is 0 Å². The zero-order valence-electron chi connectivity index (χ0n) is 18.0. The standard InChI is InChI=1S/C20H33NO9/c1-5-8-14(23)27-11-13-18(29-15(24)9-6-2)19(30-16(25)10-7-3)17(20(26)28-13)21-12(4)22/h13,17-20,26H,5-11H2,1-4H3,(H,21,22)/t13-,17+,18-,19-,20?/m1/s1. The molecule has 1 aliphatic rings. The molecule has 0 aromatic heterocycles. The van der Waals surface area contributed by atoms with Gasteiger partial charge in [0.15, 0.2) is 18.5 Å². The van der Waals surface area contributed by atoms with Crippen molar-refractivity contribution in [3.05, 3.63) is 0 Å². The van der Waals surface area contributed by atoms with Crippen molar-refractivity contribution >= 4 is 23.8 Å². The summed E-state index contributed by atoms with van der Waals surface area (Å²) in [7, 11) is 0. The lowest BCUT2D eigenvalue weighted by atomic mass is 9.96. The minimum atomic E-state index is -1.57. The second-order valence-corrected chi connectivity index (χ2v) is 7.13. The molecule has 2 N–H and O–H groups in total. The molecule has 0 bridgehead atoms. The van der Waals surface area contributed by atoms with Gasteiger partial charge in [-0.2, -0.15) is 0 Å². The van der Waals surface area contributed by atoms with Crippen molar-refractivity contribution in [3.63, 3.8) is 0 Å². The number of hydrogen-bond acceptors (Lipinski definition) is 9. The van der Waals surface area contributed by atoms with Gasteiger partial charge in [-0.1, -0.05) is 20.8 Å². The Kier molecular flexibility index (Phi) is 11.3. The molecule has 0 aliphatic carbocycles. The molecule has 0 radical (unpaired) electrons. The van der Waals surface area contributed by atoms with Crippen LogP contribution in [-0.4, -0.2) is 66.2 Å². The van der Waals surface area contributed by atoms with Crippen LogP contribution in [0, 0.1) is 0 Å². The van der Waals surface area contributed by atoms with Gasteiger partial charge in [-0.15, -0.1) is 0 Å². The Labute approximate surface area is 176 Å². The Morgan fingerprint density at radius 2 is 1.37 bits per heavy atom. The van der Waals surface area contributed by atoms with Crippen molar-refractivity contribution in [3.8, 4) is 0 Å². The molecule has 1 fully saturated rings. The lowest BCUT2D eigenvalue weighted by Gasteiger charge is -2.43. The molecule has 1 aliphatic heterocycles. The predicted molar refractivity (Wildman–Crippen MR) is 104 cm³/mol. The molecular weight excluding hydrogens is 398 g/mol. The Morgan fingerprint density at radius 1 is 0.867 bits per heavy atom. The highest BCUT2D eigenvalue weighted by molar-refractivity contribution is 5.74. The highest BCUT2D eigenvalue weighted by Crippen LogP contribution is 2.27. The first-order chi connectivity index (χ1) is 14.2. The lowest BCUT2D eigenvalue weighted by molar-refractivity contribution is -0.265. The second-order valence-electron chi connectivity index (χ2n) is 7.13. The summed E-state index contributed by atoms with van der Waals surface area (Å²) in [5, 5.41) is 12.9. The number of hydrogen-bond donors (Lipinski definition) is 2. The summed E-state index contributed by atoms with van der Waals surface area (Å²) in [4.78, 5) is 47.8.